The number of carbonyl (C=O) groups is 1. The van der Waals surface area contributed by atoms with Gasteiger partial charge in [-0.1, -0.05) is 48.8 Å². The van der Waals surface area contributed by atoms with E-state index < -0.39 is 6.04 Å². The Balaban J connectivity index is 1.38. The lowest BCUT2D eigenvalue weighted by molar-refractivity contribution is -0.135. The van der Waals surface area contributed by atoms with Gasteiger partial charge in [-0.3, -0.25) is 14.2 Å². The molecule has 3 aromatic rings. The Hall–Kier alpha value is -2.75. The largest absolute Gasteiger partial charge is 0.506 e. The molecule has 1 fully saturated rings. The molecule has 0 unspecified atom stereocenters. The highest BCUT2D eigenvalue weighted by molar-refractivity contribution is 7.16. The molecule has 1 saturated carbocycles. The Kier molecular flexibility index (Phi) is 9.34. The van der Waals surface area contributed by atoms with E-state index in [-0.39, 0.29) is 28.4 Å². The van der Waals surface area contributed by atoms with Crippen LogP contribution in [0.3, 0.4) is 0 Å². The third-order valence-corrected chi connectivity index (χ3v) is 8.23. The average molecular weight is 529 g/mol. The van der Waals surface area contributed by atoms with E-state index in [0.717, 1.165) is 52.8 Å². The van der Waals surface area contributed by atoms with Gasteiger partial charge >= 0.3 is 4.87 Å². The number of phenols is 1. The second kappa shape index (κ2) is 12.7. The fraction of sp³-hybridized carbons (Fsp3) is 0.500. The minimum absolute atomic E-state index is 0.0123. The lowest BCUT2D eigenvalue weighted by Crippen LogP contribution is -2.50. The van der Waals surface area contributed by atoms with Gasteiger partial charge in [-0.25, -0.2) is 4.39 Å². The Bertz CT molecular complexity index is 1270. The quantitative estimate of drug-likeness (QED) is 0.329. The second-order valence-corrected chi connectivity index (χ2v) is 10.9. The summed E-state index contributed by atoms with van der Waals surface area (Å²) in [6, 6.07) is 9.61. The van der Waals surface area contributed by atoms with E-state index in [1.54, 1.807) is 23.6 Å². The molecule has 4 rings (SSSR count). The number of halogens is 1. The van der Waals surface area contributed by atoms with Gasteiger partial charge < -0.3 is 21.1 Å². The maximum atomic E-state index is 13.5. The summed E-state index contributed by atoms with van der Waals surface area (Å²) in [6.45, 7) is 4.08. The fourth-order valence-electron chi connectivity index (χ4n) is 5.22. The van der Waals surface area contributed by atoms with Crippen LogP contribution >= 0.6 is 11.3 Å². The number of thiazole rings is 1. The van der Waals surface area contributed by atoms with Crippen molar-refractivity contribution in [3.05, 3.63) is 63.0 Å². The molecule has 0 saturated heterocycles. The van der Waals surface area contributed by atoms with Gasteiger partial charge in [0.15, 0.2) is 0 Å². The van der Waals surface area contributed by atoms with E-state index in [2.05, 4.69) is 5.32 Å². The van der Waals surface area contributed by atoms with Gasteiger partial charge in [-0.05, 0) is 68.5 Å². The maximum absolute atomic E-state index is 13.5. The van der Waals surface area contributed by atoms with E-state index in [9.17, 15) is 19.1 Å². The third-order valence-electron chi connectivity index (χ3n) is 7.17. The van der Waals surface area contributed by atoms with Crippen molar-refractivity contribution >= 4 is 27.5 Å². The van der Waals surface area contributed by atoms with Crippen LogP contribution in [0.25, 0.3) is 10.2 Å². The molecule has 1 aromatic heterocycles. The van der Waals surface area contributed by atoms with Crippen LogP contribution < -0.4 is 15.9 Å². The summed E-state index contributed by atoms with van der Waals surface area (Å²) in [4.78, 5) is 27.3. The topological polar surface area (TPSA) is 101 Å². The molecule has 1 aliphatic carbocycles. The summed E-state index contributed by atoms with van der Waals surface area (Å²) in [5, 5.41) is 14.0. The molecule has 1 heterocycles. The summed E-state index contributed by atoms with van der Waals surface area (Å²) in [6.07, 6.45) is 6.80. The highest BCUT2D eigenvalue weighted by Gasteiger charge is 2.26. The summed E-state index contributed by atoms with van der Waals surface area (Å²) < 4.78 is 15.9. The molecule has 0 spiro atoms. The number of amides is 1. The maximum Gasteiger partial charge on any atom is 0.308 e. The van der Waals surface area contributed by atoms with Crippen molar-refractivity contribution < 1.29 is 14.3 Å². The zero-order chi connectivity index (χ0) is 26.4. The van der Waals surface area contributed by atoms with E-state index >= 15 is 0 Å². The van der Waals surface area contributed by atoms with Crippen molar-refractivity contribution in [1.82, 2.24) is 14.8 Å². The van der Waals surface area contributed by atoms with Gasteiger partial charge in [0.1, 0.15) is 17.1 Å². The molecule has 7 nitrogen and oxygen atoms in total. The minimum Gasteiger partial charge on any atom is -0.506 e. The highest BCUT2D eigenvalue weighted by Crippen LogP contribution is 2.30. The number of nitrogens with two attached hydrogens (primary N) is 1. The molecule has 2 aromatic carbocycles. The van der Waals surface area contributed by atoms with Gasteiger partial charge in [0, 0.05) is 25.7 Å². The van der Waals surface area contributed by atoms with Gasteiger partial charge in [0.2, 0.25) is 5.91 Å². The molecule has 0 bridgehead atoms. The molecule has 0 radical (unpaired) electrons. The number of hydrogen-bond donors (Lipinski definition) is 3. The van der Waals surface area contributed by atoms with Crippen molar-refractivity contribution in [1.29, 1.82) is 0 Å². The fourth-order valence-corrected chi connectivity index (χ4v) is 6.30. The van der Waals surface area contributed by atoms with Crippen molar-refractivity contribution in [3.63, 3.8) is 0 Å². The number of nitrogens with zero attached hydrogens (tertiary/aromatic N) is 2. The van der Waals surface area contributed by atoms with E-state index in [1.807, 2.05) is 17.0 Å². The number of benzene rings is 2. The zero-order valence-electron chi connectivity index (χ0n) is 21.4. The lowest BCUT2D eigenvalue weighted by atomic mass is 9.93. The van der Waals surface area contributed by atoms with Gasteiger partial charge in [-0.15, -0.1) is 0 Å². The summed E-state index contributed by atoms with van der Waals surface area (Å²) in [5.41, 5.74) is 8.24. The van der Waals surface area contributed by atoms with E-state index in [1.165, 1.54) is 18.6 Å². The number of aromatic hydroxyl groups is 1. The van der Waals surface area contributed by atoms with Gasteiger partial charge in [-0.2, -0.15) is 0 Å². The van der Waals surface area contributed by atoms with Crippen LogP contribution in [0.1, 0.15) is 50.2 Å². The molecular formula is C28H37FN4O3S. The first-order chi connectivity index (χ1) is 17.8. The number of hydrogen-bond acceptors (Lipinski definition) is 6. The van der Waals surface area contributed by atoms with Gasteiger partial charge in [0.05, 0.1) is 10.7 Å². The molecular weight excluding hydrogens is 491 g/mol. The Morgan fingerprint density at radius 1 is 1.22 bits per heavy atom. The smallest absolute Gasteiger partial charge is 0.308 e. The molecule has 0 aliphatic heterocycles. The summed E-state index contributed by atoms with van der Waals surface area (Å²) in [7, 11) is 0. The first-order valence-electron chi connectivity index (χ1n) is 13.2. The predicted octanol–water partition coefficient (Wildman–Crippen LogP) is 3.79. The Labute approximate surface area is 221 Å². The molecule has 4 N–H and O–H groups in total. The molecule has 37 heavy (non-hydrogen) atoms. The zero-order valence-corrected chi connectivity index (χ0v) is 22.2. The molecule has 1 atom stereocenters. The normalized spacial score (nSPS) is 15.2. The molecule has 1 aliphatic rings. The Morgan fingerprint density at radius 3 is 2.73 bits per heavy atom. The van der Waals surface area contributed by atoms with Gasteiger partial charge in [0.25, 0.3) is 0 Å². The van der Waals surface area contributed by atoms with E-state index in [0.29, 0.717) is 44.5 Å². The van der Waals surface area contributed by atoms with Crippen LogP contribution in [0.2, 0.25) is 0 Å². The van der Waals surface area contributed by atoms with E-state index in [4.69, 9.17) is 5.73 Å². The van der Waals surface area contributed by atoms with Crippen LogP contribution in [0.4, 0.5) is 4.39 Å². The number of aryl methyl sites for hydroxylation is 2. The van der Waals surface area contributed by atoms with Crippen LogP contribution in [-0.2, 0) is 24.2 Å². The monoisotopic (exact) mass is 528 g/mol. The molecule has 1 amide bonds. The first-order valence-corrected chi connectivity index (χ1v) is 14.0. The molecule has 9 heteroatoms. The number of nitrogens with one attached hydrogen (secondary N) is 1. The third kappa shape index (κ3) is 6.77. The van der Waals surface area contributed by atoms with Crippen LogP contribution in [-0.4, -0.2) is 52.2 Å². The van der Waals surface area contributed by atoms with Crippen molar-refractivity contribution in [2.75, 3.05) is 19.6 Å². The van der Waals surface area contributed by atoms with Crippen molar-refractivity contribution in [2.45, 2.75) is 70.5 Å². The highest BCUT2D eigenvalue weighted by atomic mass is 32.1. The first kappa shape index (κ1) is 27.3. The van der Waals surface area contributed by atoms with Crippen LogP contribution in [0.15, 0.2) is 41.2 Å². The summed E-state index contributed by atoms with van der Waals surface area (Å²) in [5.74, 6) is -0.221. The second-order valence-electron chi connectivity index (χ2n) is 9.93. The number of rotatable bonds is 11. The molecule has 200 valence electrons. The number of aromatic nitrogens is 1. The SMILES string of the molecule is C[C@H](N)C(=O)N(CCNCCc1ccc(O)c2c1sc(=O)n2CCc1cccc(F)c1)C1CCCCC1. The van der Waals surface area contributed by atoms with Crippen molar-refractivity contribution in [2.24, 2.45) is 5.73 Å². The Morgan fingerprint density at radius 2 is 2.00 bits per heavy atom. The average Bonchev–Trinajstić information content (AvgIpc) is 3.23. The predicted molar refractivity (Wildman–Crippen MR) is 147 cm³/mol. The van der Waals surface area contributed by atoms with Crippen LogP contribution in [0.5, 0.6) is 5.75 Å². The summed E-state index contributed by atoms with van der Waals surface area (Å²) >= 11 is 1.13. The number of phenolic OH excluding ortho intramolecular Hbond substituents is 1. The minimum atomic E-state index is -0.500. The lowest BCUT2D eigenvalue weighted by Gasteiger charge is -2.35. The standard InChI is InChI=1S/C28H37FN4O3S/c1-19(30)27(35)32(23-8-3-2-4-9-23)17-15-31-14-12-21-10-11-24(34)25-26(21)37-28(36)33(25)16-13-20-6-5-7-22(29)18-20/h5-7,10-11,18-19,23,31,34H,2-4,8-9,12-17,30H2,1H3/t19-/m0/s1. The van der Waals surface area contributed by atoms with Crippen LogP contribution in [0, 0.1) is 5.82 Å². The van der Waals surface area contributed by atoms with Crippen molar-refractivity contribution in [3.8, 4) is 5.75 Å². The number of fused-ring (bicyclic) bond motifs is 1. The number of carbonyl (C=O) groups excluding carboxylic acids is 1.